The van der Waals surface area contributed by atoms with Gasteiger partial charge < -0.3 is 5.32 Å². The number of aromatic nitrogens is 4. The molecule has 5 rings (SSSR count). The summed E-state index contributed by atoms with van der Waals surface area (Å²) in [5.74, 6) is 1.43. The zero-order valence-electron chi connectivity index (χ0n) is 20.5. The summed E-state index contributed by atoms with van der Waals surface area (Å²) < 4.78 is 30.2. The maximum atomic E-state index is 12.7. The van der Waals surface area contributed by atoms with Gasteiger partial charge in [-0.1, -0.05) is 29.3 Å². The van der Waals surface area contributed by atoms with E-state index in [0.717, 1.165) is 53.8 Å². The minimum atomic E-state index is -3.58. The number of benzene rings is 2. The lowest BCUT2D eigenvalue weighted by atomic mass is 9.92. The van der Waals surface area contributed by atoms with Gasteiger partial charge in [-0.2, -0.15) is 5.10 Å². The molecule has 1 aliphatic rings. The van der Waals surface area contributed by atoms with E-state index in [1.807, 2.05) is 17.8 Å². The molecule has 0 amide bonds. The molecule has 1 aliphatic carbocycles. The minimum absolute atomic E-state index is 0.108. The maximum absolute atomic E-state index is 12.7. The minimum Gasteiger partial charge on any atom is -0.367 e. The Kier molecular flexibility index (Phi) is 6.72. The average Bonchev–Trinajstić information content (AvgIpc) is 3.24. The van der Waals surface area contributed by atoms with Crippen LogP contribution in [0.5, 0.6) is 0 Å². The molecule has 0 aliphatic heterocycles. The van der Waals surface area contributed by atoms with Gasteiger partial charge in [0.05, 0.1) is 22.2 Å². The van der Waals surface area contributed by atoms with E-state index >= 15 is 0 Å². The van der Waals surface area contributed by atoms with E-state index < -0.39 is 10.0 Å². The zero-order chi connectivity index (χ0) is 25.4. The Balaban J connectivity index is 1.29. The number of nitrogens with zero attached hydrogens (tertiary/aromatic N) is 4. The van der Waals surface area contributed by atoms with E-state index in [1.165, 1.54) is 17.7 Å². The van der Waals surface area contributed by atoms with Crippen LogP contribution in [-0.2, 0) is 10.0 Å². The van der Waals surface area contributed by atoms with Crippen LogP contribution in [0.4, 0.5) is 5.82 Å². The van der Waals surface area contributed by atoms with Gasteiger partial charge in [-0.05, 0) is 82.3 Å². The Morgan fingerprint density at radius 2 is 1.64 bits per heavy atom. The van der Waals surface area contributed by atoms with Crippen LogP contribution in [0.25, 0.3) is 16.7 Å². The second-order valence-electron chi connectivity index (χ2n) is 9.47. The molecule has 0 unspecified atom stereocenters. The molecule has 1 saturated carbocycles. The topological polar surface area (TPSA) is 102 Å². The van der Waals surface area contributed by atoms with E-state index in [1.54, 1.807) is 12.1 Å². The van der Waals surface area contributed by atoms with Crippen molar-refractivity contribution in [2.45, 2.75) is 63.4 Å². The van der Waals surface area contributed by atoms with Crippen molar-refractivity contribution < 1.29 is 8.42 Å². The number of aryl methyl sites for hydroxylation is 3. The molecule has 2 N–H and O–H groups in total. The molecular formula is C26H29ClN6O2S. The van der Waals surface area contributed by atoms with Gasteiger partial charge in [-0.3, -0.25) is 0 Å². The smallest absolute Gasteiger partial charge is 0.240 e. The number of anilines is 1. The van der Waals surface area contributed by atoms with Gasteiger partial charge in [-0.15, -0.1) is 0 Å². The lowest BCUT2D eigenvalue weighted by Crippen LogP contribution is -2.40. The van der Waals surface area contributed by atoms with E-state index in [4.69, 9.17) is 11.6 Å². The third kappa shape index (κ3) is 5.09. The summed E-state index contributed by atoms with van der Waals surface area (Å²) in [6, 6.07) is 12.6. The largest absolute Gasteiger partial charge is 0.367 e. The molecule has 2 aromatic carbocycles. The molecule has 0 saturated heterocycles. The van der Waals surface area contributed by atoms with Crippen molar-refractivity contribution in [2.75, 3.05) is 5.32 Å². The first-order valence-electron chi connectivity index (χ1n) is 12.0. The number of hydrogen-bond acceptors (Lipinski definition) is 6. The van der Waals surface area contributed by atoms with Gasteiger partial charge in [0.25, 0.3) is 0 Å². The average molecular weight is 525 g/mol. The number of sulfonamides is 1. The summed E-state index contributed by atoms with van der Waals surface area (Å²) in [6.07, 6.45) is 4.93. The van der Waals surface area contributed by atoms with Crippen molar-refractivity contribution in [1.82, 2.24) is 24.5 Å². The predicted octanol–water partition coefficient (Wildman–Crippen LogP) is 5.10. The molecule has 2 aromatic heterocycles. The highest BCUT2D eigenvalue weighted by molar-refractivity contribution is 7.89. The Morgan fingerprint density at radius 1 is 0.944 bits per heavy atom. The van der Waals surface area contributed by atoms with Crippen LogP contribution in [0.15, 0.2) is 53.6 Å². The van der Waals surface area contributed by atoms with E-state index in [0.29, 0.717) is 10.8 Å². The number of hydrogen-bond donors (Lipinski definition) is 2. The molecule has 2 heterocycles. The molecular weight excluding hydrogens is 496 g/mol. The highest BCUT2D eigenvalue weighted by atomic mass is 35.5. The van der Waals surface area contributed by atoms with Crippen LogP contribution < -0.4 is 10.0 Å². The van der Waals surface area contributed by atoms with Gasteiger partial charge in [0, 0.05) is 17.1 Å². The molecule has 10 heteroatoms. The van der Waals surface area contributed by atoms with Crippen molar-refractivity contribution in [1.29, 1.82) is 0 Å². The second kappa shape index (κ2) is 9.80. The van der Waals surface area contributed by atoms with Crippen molar-refractivity contribution in [2.24, 2.45) is 0 Å². The molecule has 1 fully saturated rings. The number of halogens is 1. The monoisotopic (exact) mass is 524 g/mol. The normalized spacial score (nSPS) is 18.4. The highest BCUT2D eigenvalue weighted by Gasteiger charge is 2.27. The molecule has 0 radical (unpaired) electrons. The van der Waals surface area contributed by atoms with Gasteiger partial charge in [0.2, 0.25) is 10.0 Å². The Hall–Kier alpha value is -3.01. The maximum Gasteiger partial charge on any atom is 0.240 e. The second-order valence-corrected chi connectivity index (χ2v) is 11.6. The summed E-state index contributed by atoms with van der Waals surface area (Å²) in [5, 5.41) is 9.58. The van der Waals surface area contributed by atoms with E-state index in [9.17, 15) is 8.42 Å². The molecule has 4 aromatic rings. The lowest BCUT2D eigenvalue weighted by Gasteiger charge is -2.30. The molecule has 188 valence electrons. The summed E-state index contributed by atoms with van der Waals surface area (Å²) in [4.78, 5) is 9.58. The van der Waals surface area contributed by atoms with Crippen molar-refractivity contribution in [3.63, 3.8) is 0 Å². The molecule has 8 nitrogen and oxygen atoms in total. The zero-order valence-corrected chi connectivity index (χ0v) is 22.1. The van der Waals surface area contributed by atoms with Crippen molar-refractivity contribution in [3.05, 3.63) is 70.6 Å². The fourth-order valence-electron chi connectivity index (χ4n) is 4.80. The summed E-state index contributed by atoms with van der Waals surface area (Å²) in [5.41, 5.74) is 4.09. The molecule has 0 bridgehead atoms. The number of rotatable bonds is 6. The first kappa shape index (κ1) is 24.7. The number of nitrogens with one attached hydrogen (secondary N) is 2. The predicted molar refractivity (Wildman–Crippen MR) is 142 cm³/mol. The van der Waals surface area contributed by atoms with Gasteiger partial charge in [0.1, 0.15) is 11.6 Å². The first-order valence-corrected chi connectivity index (χ1v) is 13.9. The Morgan fingerprint density at radius 3 is 2.33 bits per heavy atom. The fourth-order valence-corrected chi connectivity index (χ4v) is 6.23. The highest BCUT2D eigenvalue weighted by Crippen LogP contribution is 2.28. The molecule has 0 spiro atoms. The van der Waals surface area contributed by atoms with Gasteiger partial charge >= 0.3 is 0 Å². The molecule has 36 heavy (non-hydrogen) atoms. The SMILES string of the molecule is Cc1ccc(-n2ncc3c(NC4CCC(NS(=O)(=O)c5ccc(Cl)cc5)CC4)nc(C)nc32)c(C)c1. The third-order valence-electron chi connectivity index (χ3n) is 6.63. The Bertz CT molecular complexity index is 1510. The quantitative estimate of drug-likeness (QED) is 0.364. The van der Waals surface area contributed by atoms with Crippen molar-refractivity contribution in [3.8, 4) is 5.69 Å². The van der Waals surface area contributed by atoms with Crippen molar-refractivity contribution >= 4 is 38.5 Å². The van der Waals surface area contributed by atoms with Crippen LogP contribution in [0.3, 0.4) is 0 Å². The van der Waals surface area contributed by atoms with Crippen LogP contribution in [0.1, 0.15) is 42.6 Å². The fraction of sp³-hybridized carbons (Fsp3) is 0.346. The van der Waals surface area contributed by atoms with Gasteiger partial charge in [-0.25, -0.2) is 27.8 Å². The number of fused-ring (bicyclic) bond motifs is 1. The van der Waals surface area contributed by atoms with E-state index in [2.05, 4.69) is 57.2 Å². The summed E-state index contributed by atoms with van der Waals surface area (Å²) in [6.45, 7) is 6.03. The standard InChI is InChI=1S/C26H29ClN6O2S/c1-16-4-13-24(17(2)14-16)33-26-23(15-28-33)25(29-18(3)30-26)31-20-7-9-21(10-8-20)32-36(34,35)22-11-5-19(27)6-12-22/h4-6,11-15,20-21,32H,7-10H2,1-3H3,(H,29,30,31). The van der Waals surface area contributed by atoms with Crippen LogP contribution in [0, 0.1) is 20.8 Å². The third-order valence-corrected chi connectivity index (χ3v) is 8.42. The molecule has 0 atom stereocenters. The van der Waals surface area contributed by atoms with Crippen LogP contribution >= 0.6 is 11.6 Å². The Labute approximate surface area is 216 Å². The summed E-state index contributed by atoms with van der Waals surface area (Å²) >= 11 is 5.89. The summed E-state index contributed by atoms with van der Waals surface area (Å²) in [7, 11) is -3.58. The van der Waals surface area contributed by atoms with Gasteiger partial charge in [0.15, 0.2) is 5.65 Å². The lowest BCUT2D eigenvalue weighted by molar-refractivity contribution is 0.387. The first-order chi connectivity index (χ1) is 17.2. The van der Waals surface area contributed by atoms with Crippen LogP contribution in [-0.4, -0.2) is 40.2 Å². The van der Waals surface area contributed by atoms with Crippen LogP contribution in [0.2, 0.25) is 5.02 Å². The van der Waals surface area contributed by atoms with E-state index in [-0.39, 0.29) is 17.0 Å².